The number of aromatic nitrogens is 1. The van der Waals surface area contributed by atoms with Crippen LogP contribution < -0.4 is 14.8 Å². The van der Waals surface area contributed by atoms with E-state index in [1.807, 2.05) is 38.1 Å². The molecule has 0 amide bonds. The molecule has 1 aromatic heterocycles. The van der Waals surface area contributed by atoms with Gasteiger partial charge in [0.15, 0.2) is 0 Å². The summed E-state index contributed by atoms with van der Waals surface area (Å²) in [4.78, 5) is 4.27. The van der Waals surface area contributed by atoms with Crippen LogP contribution in [-0.4, -0.2) is 20.5 Å². The predicted molar refractivity (Wildman–Crippen MR) is 107 cm³/mol. The molecule has 0 spiro atoms. The monoisotopic (exact) mass is 383 g/mol. The second kappa shape index (κ2) is 7.67. The average Bonchev–Trinajstić information content (AvgIpc) is 2.63. The van der Waals surface area contributed by atoms with Gasteiger partial charge in [-0.2, -0.15) is 0 Å². The number of pyridine rings is 1. The first-order valence-corrected chi connectivity index (χ1v) is 9.83. The fourth-order valence-corrected chi connectivity index (χ4v) is 3.87. The lowest BCUT2D eigenvalue weighted by Crippen LogP contribution is -2.15. The fraction of sp³-hybridized carbons (Fsp3) is 0.150. The van der Waals surface area contributed by atoms with E-state index >= 15 is 0 Å². The van der Waals surface area contributed by atoms with Crippen molar-refractivity contribution in [2.75, 3.05) is 17.1 Å². The van der Waals surface area contributed by atoms with Crippen LogP contribution in [0.15, 0.2) is 65.7 Å². The van der Waals surface area contributed by atoms with E-state index in [1.54, 1.807) is 36.5 Å². The van der Waals surface area contributed by atoms with E-state index in [4.69, 9.17) is 4.74 Å². The topological polar surface area (TPSA) is 80.3 Å². The van der Waals surface area contributed by atoms with Crippen LogP contribution >= 0.6 is 0 Å². The number of methoxy groups -OCH3 is 1. The lowest BCUT2D eigenvalue weighted by Gasteiger charge is -2.12. The fourth-order valence-electron chi connectivity index (χ4n) is 2.60. The molecule has 27 heavy (non-hydrogen) atoms. The summed E-state index contributed by atoms with van der Waals surface area (Å²) in [6.45, 7) is 3.84. The third kappa shape index (κ3) is 4.57. The molecule has 0 saturated heterocycles. The molecule has 0 unspecified atom stereocenters. The largest absolute Gasteiger partial charge is 0.495 e. The molecule has 2 N–H and O–H groups in total. The number of nitrogens with one attached hydrogen (secondary N) is 2. The molecule has 3 aromatic rings. The summed E-state index contributed by atoms with van der Waals surface area (Å²) < 4.78 is 33.1. The molecular formula is C20H21N3O3S. The Morgan fingerprint density at radius 1 is 0.926 bits per heavy atom. The second-order valence-corrected chi connectivity index (χ2v) is 7.84. The Kier molecular flexibility index (Phi) is 5.32. The molecule has 1 heterocycles. The first-order chi connectivity index (χ1) is 12.9. The van der Waals surface area contributed by atoms with Crippen LogP contribution in [0.4, 0.5) is 17.2 Å². The van der Waals surface area contributed by atoms with Crippen LogP contribution in [-0.2, 0) is 10.0 Å². The Bertz CT molecular complexity index is 1050. The van der Waals surface area contributed by atoms with Gasteiger partial charge in [-0.3, -0.25) is 4.72 Å². The van der Waals surface area contributed by atoms with Crippen LogP contribution in [0.25, 0.3) is 0 Å². The van der Waals surface area contributed by atoms with Gasteiger partial charge in [0.2, 0.25) is 0 Å². The zero-order valence-corrected chi connectivity index (χ0v) is 16.2. The maximum absolute atomic E-state index is 12.7. The third-order valence-corrected chi connectivity index (χ3v) is 5.29. The Morgan fingerprint density at radius 3 is 2.37 bits per heavy atom. The van der Waals surface area contributed by atoms with Gasteiger partial charge in [-0.1, -0.05) is 18.2 Å². The summed E-state index contributed by atoms with van der Waals surface area (Å²) in [5, 5.41) is 3.23. The first kappa shape index (κ1) is 18.7. The Balaban J connectivity index is 1.79. The average molecular weight is 383 g/mol. The minimum Gasteiger partial charge on any atom is -0.495 e. The summed E-state index contributed by atoms with van der Waals surface area (Å²) in [5.74, 6) is 0.513. The summed E-state index contributed by atoms with van der Waals surface area (Å²) >= 11 is 0. The van der Waals surface area contributed by atoms with Crippen molar-refractivity contribution >= 4 is 27.2 Å². The Labute approximate surface area is 159 Å². The minimum absolute atomic E-state index is 0.0776. The first-order valence-electron chi connectivity index (χ1n) is 8.34. The number of benzene rings is 2. The number of hydrogen-bond acceptors (Lipinski definition) is 5. The summed E-state index contributed by atoms with van der Waals surface area (Å²) in [6, 6.07) is 16.3. The van der Waals surface area contributed by atoms with E-state index in [9.17, 15) is 8.42 Å². The molecule has 7 heteroatoms. The smallest absolute Gasteiger partial charge is 0.266 e. The van der Waals surface area contributed by atoms with Gasteiger partial charge in [0.1, 0.15) is 16.5 Å². The van der Waals surface area contributed by atoms with E-state index in [0.717, 1.165) is 22.5 Å². The number of aryl methyl sites for hydroxylation is 2. The van der Waals surface area contributed by atoms with Crippen molar-refractivity contribution < 1.29 is 13.2 Å². The van der Waals surface area contributed by atoms with E-state index in [-0.39, 0.29) is 16.5 Å². The van der Waals surface area contributed by atoms with Crippen LogP contribution in [0.5, 0.6) is 5.75 Å². The Morgan fingerprint density at radius 2 is 1.70 bits per heavy atom. The van der Waals surface area contributed by atoms with Gasteiger partial charge >= 0.3 is 0 Å². The van der Waals surface area contributed by atoms with E-state index in [1.165, 1.54) is 7.11 Å². The van der Waals surface area contributed by atoms with Gasteiger partial charge < -0.3 is 10.1 Å². The maximum atomic E-state index is 12.7. The molecule has 0 saturated carbocycles. The summed E-state index contributed by atoms with van der Waals surface area (Å²) in [5.41, 5.74) is 3.66. The van der Waals surface area contributed by atoms with Crippen molar-refractivity contribution in [1.82, 2.24) is 4.98 Å². The van der Waals surface area contributed by atoms with Gasteiger partial charge in [0.25, 0.3) is 10.0 Å². The van der Waals surface area contributed by atoms with Crippen LogP contribution in [0.3, 0.4) is 0 Å². The summed E-state index contributed by atoms with van der Waals surface area (Å²) in [7, 11) is -2.38. The molecule has 0 aliphatic rings. The highest BCUT2D eigenvalue weighted by molar-refractivity contribution is 7.92. The lowest BCUT2D eigenvalue weighted by atomic mass is 10.2. The van der Waals surface area contributed by atoms with E-state index in [2.05, 4.69) is 15.0 Å². The number of anilines is 3. The molecule has 0 aliphatic carbocycles. The normalized spacial score (nSPS) is 11.1. The lowest BCUT2D eigenvalue weighted by molar-refractivity contribution is 0.402. The molecule has 0 radical (unpaired) electrons. The zero-order chi connectivity index (χ0) is 19.4. The number of sulfonamides is 1. The van der Waals surface area contributed by atoms with Crippen molar-refractivity contribution in [2.45, 2.75) is 18.7 Å². The van der Waals surface area contributed by atoms with Gasteiger partial charge in [-0.15, -0.1) is 0 Å². The highest BCUT2D eigenvalue weighted by Crippen LogP contribution is 2.26. The van der Waals surface area contributed by atoms with Crippen molar-refractivity contribution in [3.63, 3.8) is 0 Å². The molecule has 6 nitrogen and oxygen atoms in total. The third-order valence-electron chi connectivity index (χ3n) is 3.92. The molecular weight excluding hydrogens is 362 g/mol. The molecule has 140 valence electrons. The zero-order valence-electron chi connectivity index (χ0n) is 15.4. The quantitative estimate of drug-likeness (QED) is 0.665. The number of hydrogen-bond donors (Lipinski definition) is 2. The predicted octanol–water partition coefficient (Wildman–Crippen LogP) is 4.25. The van der Waals surface area contributed by atoms with E-state index in [0.29, 0.717) is 0 Å². The molecule has 3 rings (SSSR count). The van der Waals surface area contributed by atoms with Crippen LogP contribution in [0, 0.1) is 13.8 Å². The van der Waals surface area contributed by atoms with E-state index < -0.39 is 10.0 Å². The SMILES string of the molecule is COc1ccc(C)cc1S(=O)(=O)Nc1ccc(Nc2cccc(C)c2)cn1. The van der Waals surface area contributed by atoms with Crippen molar-refractivity contribution in [2.24, 2.45) is 0 Å². The molecule has 0 fully saturated rings. The van der Waals surface area contributed by atoms with Gasteiger partial charge in [-0.05, 0) is 61.4 Å². The number of ether oxygens (including phenoxy) is 1. The van der Waals surface area contributed by atoms with Crippen LogP contribution in [0.1, 0.15) is 11.1 Å². The number of rotatable bonds is 6. The van der Waals surface area contributed by atoms with Gasteiger partial charge in [0, 0.05) is 5.69 Å². The standard InChI is InChI=1S/C20H21N3O3S/c1-14-5-4-6-16(11-14)22-17-8-10-20(21-13-17)23-27(24,25)19-12-15(2)7-9-18(19)26-3/h4-13,22H,1-3H3,(H,21,23). The van der Waals surface area contributed by atoms with Crippen molar-refractivity contribution in [1.29, 1.82) is 0 Å². The molecule has 0 atom stereocenters. The molecule has 0 bridgehead atoms. The molecule has 2 aromatic carbocycles. The Hall–Kier alpha value is -3.06. The highest BCUT2D eigenvalue weighted by atomic mass is 32.2. The second-order valence-electron chi connectivity index (χ2n) is 6.19. The summed E-state index contributed by atoms with van der Waals surface area (Å²) in [6.07, 6.45) is 1.58. The number of nitrogens with zero attached hydrogens (tertiary/aromatic N) is 1. The van der Waals surface area contributed by atoms with Crippen LogP contribution in [0.2, 0.25) is 0 Å². The highest BCUT2D eigenvalue weighted by Gasteiger charge is 2.20. The molecule has 0 aliphatic heterocycles. The van der Waals surface area contributed by atoms with Gasteiger partial charge in [-0.25, -0.2) is 13.4 Å². The van der Waals surface area contributed by atoms with Crippen molar-refractivity contribution in [3.8, 4) is 5.75 Å². The maximum Gasteiger partial charge on any atom is 0.266 e. The van der Waals surface area contributed by atoms with Gasteiger partial charge in [0.05, 0.1) is 19.0 Å². The minimum atomic E-state index is -3.81. The van der Waals surface area contributed by atoms with Crippen molar-refractivity contribution in [3.05, 3.63) is 71.9 Å².